The zero-order valence-electron chi connectivity index (χ0n) is 23.8. The van der Waals surface area contributed by atoms with E-state index in [-0.39, 0.29) is 23.4 Å². The average molecular weight is 524 g/mol. The van der Waals surface area contributed by atoms with Crippen LogP contribution in [0.5, 0.6) is 0 Å². The summed E-state index contributed by atoms with van der Waals surface area (Å²) in [6, 6.07) is 25.4. The second kappa shape index (κ2) is 13.4. The van der Waals surface area contributed by atoms with Crippen LogP contribution < -0.4 is 5.56 Å². The van der Waals surface area contributed by atoms with E-state index in [9.17, 15) is 9.59 Å². The molecule has 1 amide bonds. The van der Waals surface area contributed by atoms with Crippen LogP contribution in [0.4, 0.5) is 0 Å². The second-order valence-corrected chi connectivity index (χ2v) is 10.4. The minimum absolute atomic E-state index is 0.0469. The van der Waals surface area contributed by atoms with Crippen LogP contribution in [0.1, 0.15) is 75.9 Å². The number of fused-ring (bicyclic) bond motifs is 1. The monoisotopic (exact) mass is 523 g/mol. The minimum atomic E-state index is -0.338. The summed E-state index contributed by atoms with van der Waals surface area (Å²) in [5, 5.41) is 0.578. The number of amides is 1. The second-order valence-electron chi connectivity index (χ2n) is 10.4. The highest BCUT2D eigenvalue weighted by Crippen LogP contribution is 2.29. The smallest absolute Gasteiger partial charge is 0.266 e. The Labute approximate surface area is 232 Å². The number of carbonyl (C=O) groups is 1. The first-order chi connectivity index (χ1) is 19.0. The summed E-state index contributed by atoms with van der Waals surface area (Å²) >= 11 is 0. The summed E-state index contributed by atoms with van der Waals surface area (Å²) in [6.07, 6.45) is 5.16. The van der Waals surface area contributed by atoms with Gasteiger partial charge in [-0.25, -0.2) is 4.98 Å². The molecule has 0 fully saturated rings. The molecule has 3 aromatic carbocycles. The first-order valence-electron chi connectivity index (χ1n) is 14.4. The number of carbonyl (C=O) groups excluding carboxylic acids is 1. The van der Waals surface area contributed by atoms with Gasteiger partial charge in [-0.1, -0.05) is 88.2 Å². The fourth-order valence-corrected chi connectivity index (χ4v) is 5.43. The van der Waals surface area contributed by atoms with E-state index in [0.29, 0.717) is 29.7 Å². The predicted octanol–water partition coefficient (Wildman–Crippen LogP) is 7.43. The van der Waals surface area contributed by atoms with Gasteiger partial charge in [-0.3, -0.25) is 14.2 Å². The van der Waals surface area contributed by atoms with Gasteiger partial charge in [0.05, 0.1) is 22.6 Å². The molecule has 0 aliphatic heterocycles. The van der Waals surface area contributed by atoms with Crippen molar-refractivity contribution in [2.75, 3.05) is 6.54 Å². The van der Waals surface area contributed by atoms with Crippen LogP contribution in [0.25, 0.3) is 16.6 Å². The molecule has 5 heteroatoms. The highest BCUT2D eigenvalue weighted by atomic mass is 16.2. The van der Waals surface area contributed by atoms with E-state index < -0.39 is 0 Å². The van der Waals surface area contributed by atoms with Crippen molar-refractivity contribution in [3.8, 4) is 5.69 Å². The highest BCUT2D eigenvalue weighted by molar-refractivity contribution is 5.80. The standard InChI is InChI=1S/C34H41N3O2/c1-5-8-18-27(6-2)33(38)36(23-22-26-16-10-9-11-17-26)31(7-3)32-35-30-21-13-12-20-29(30)34(39)37(32)28-19-14-15-25(4)24-28/h9-17,19-21,24,27,31H,5-8,18,22-23H2,1-4H3. The number of para-hydroxylation sites is 1. The van der Waals surface area contributed by atoms with E-state index in [1.165, 1.54) is 5.56 Å². The first-order valence-corrected chi connectivity index (χ1v) is 14.4. The van der Waals surface area contributed by atoms with Crippen LogP contribution in [0.15, 0.2) is 83.7 Å². The Morgan fingerprint density at radius 1 is 0.923 bits per heavy atom. The first kappa shape index (κ1) is 28.3. The Hall–Kier alpha value is -3.73. The van der Waals surface area contributed by atoms with Crippen LogP contribution in [-0.2, 0) is 11.2 Å². The van der Waals surface area contributed by atoms with Crippen molar-refractivity contribution in [1.29, 1.82) is 0 Å². The van der Waals surface area contributed by atoms with Gasteiger partial charge in [-0.2, -0.15) is 0 Å². The summed E-state index contributed by atoms with van der Waals surface area (Å²) in [6.45, 7) is 8.95. The van der Waals surface area contributed by atoms with E-state index in [0.717, 1.165) is 43.4 Å². The molecule has 0 spiro atoms. The Morgan fingerprint density at radius 3 is 2.36 bits per heavy atom. The lowest BCUT2D eigenvalue weighted by Gasteiger charge is -2.35. The largest absolute Gasteiger partial charge is 0.332 e. The van der Waals surface area contributed by atoms with Gasteiger partial charge in [-0.05, 0) is 68.0 Å². The average Bonchev–Trinajstić information content (AvgIpc) is 2.96. The molecule has 4 aromatic rings. The molecule has 0 radical (unpaired) electrons. The fraction of sp³-hybridized carbons (Fsp3) is 0.382. The van der Waals surface area contributed by atoms with Gasteiger partial charge in [-0.15, -0.1) is 0 Å². The highest BCUT2D eigenvalue weighted by Gasteiger charge is 2.32. The van der Waals surface area contributed by atoms with Gasteiger partial charge in [0.1, 0.15) is 5.82 Å². The summed E-state index contributed by atoms with van der Waals surface area (Å²) in [5.41, 5.74) is 3.59. The Balaban J connectivity index is 1.88. The van der Waals surface area contributed by atoms with Crippen molar-refractivity contribution >= 4 is 16.8 Å². The third-order valence-electron chi connectivity index (χ3n) is 7.64. The molecule has 2 atom stereocenters. The predicted molar refractivity (Wildman–Crippen MR) is 160 cm³/mol. The molecule has 0 bridgehead atoms. The SMILES string of the molecule is CCCCC(CC)C(=O)N(CCc1ccccc1)C(CC)c1nc2ccccc2c(=O)n1-c1cccc(C)c1. The number of aryl methyl sites for hydroxylation is 1. The van der Waals surface area contributed by atoms with Gasteiger partial charge >= 0.3 is 0 Å². The van der Waals surface area contributed by atoms with Crippen molar-refractivity contribution in [3.05, 3.63) is 106 Å². The van der Waals surface area contributed by atoms with Crippen LogP contribution in [0.3, 0.4) is 0 Å². The third kappa shape index (κ3) is 6.47. The molecule has 0 N–H and O–H groups in total. The third-order valence-corrected chi connectivity index (χ3v) is 7.64. The Morgan fingerprint density at radius 2 is 1.67 bits per heavy atom. The number of nitrogens with zero attached hydrogens (tertiary/aromatic N) is 3. The molecule has 204 valence electrons. The van der Waals surface area contributed by atoms with Crippen LogP contribution in [0.2, 0.25) is 0 Å². The van der Waals surface area contributed by atoms with Crippen molar-refractivity contribution in [3.63, 3.8) is 0 Å². The van der Waals surface area contributed by atoms with Gasteiger partial charge in [0.25, 0.3) is 5.56 Å². The molecule has 0 saturated carbocycles. The Bertz CT molecular complexity index is 1440. The fourth-order valence-electron chi connectivity index (χ4n) is 5.43. The quantitative estimate of drug-likeness (QED) is 0.194. The number of hydrogen-bond acceptors (Lipinski definition) is 3. The maximum absolute atomic E-state index is 14.2. The molecular weight excluding hydrogens is 482 g/mol. The topological polar surface area (TPSA) is 55.2 Å². The number of aromatic nitrogens is 2. The summed E-state index contributed by atoms with van der Waals surface area (Å²) < 4.78 is 1.74. The number of unbranched alkanes of at least 4 members (excludes halogenated alkanes) is 1. The molecule has 4 rings (SSSR count). The van der Waals surface area contributed by atoms with E-state index in [1.54, 1.807) is 4.57 Å². The molecular formula is C34H41N3O2. The van der Waals surface area contributed by atoms with Crippen molar-refractivity contribution in [2.45, 2.75) is 72.3 Å². The van der Waals surface area contributed by atoms with Gasteiger partial charge < -0.3 is 4.90 Å². The number of benzene rings is 3. The van der Waals surface area contributed by atoms with Crippen molar-refractivity contribution in [1.82, 2.24) is 14.5 Å². The van der Waals surface area contributed by atoms with Gasteiger partial charge in [0, 0.05) is 12.5 Å². The van der Waals surface area contributed by atoms with Crippen molar-refractivity contribution < 1.29 is 4.79 Å². The van der Waals surface area contributed by atoms with Crippen LogP contribution >= 0.6 is 0 Å². The summed E-state index contributed by atoms with van der Waals surface area (Å²) in [5.74, 6) is 0.736. The number of hydrogen-bond donors (Lipinski definition) is 0. The van der Waals surface area contributed by atoms with Crippen LogP contribution in [-0.4, -0.2) is 26.9 Å². The normalized spacial score (nSPS) is 12.8. The van der Waals surface area contributed by atoms with Crippen molar-refractivity contribution in [2.24, 2.45) is 5.92 Å². The molecule has 2 unspecified atom stereocenters. The molecule has 39 heavy (non-hydrogen) atoms. The number of rotatable bonds is 12. The molecule has 1 heterocycles. The maximum Gasteiger partial charge on any atom is 0.266 e. The zero-order valence-corrected chi connectivity index (χ0v) is 23.8. The van der Waals surface area contributed by atoms with E-state index in [4.69, 9.17) is 4.98 Å². The summed E-state index contributed by atoms with van der Waals surface area (Å²) in [4.78, 5) is 35.3. The van der Waals surface area contributed by atoms with E-state index in [1.807, 2.05) is 78.6 Å². The van der Waals surface area contributed by atoms with Crippen LogP contribution in [0, 0.1) is 12.8 Å². The molecule has 1 aromatic heterocycles. The molecule has 5 nitrogen and oxygen atoms in total. The summed E-state index contributed by atoms with van der Waals surface area (Å²) in [7, 11) is 0. The van der Waals surface area contributed by atoms with Gasteiger partial charge in [0.15, 0.2) is 0 Å². The lowest BCUT2D eigenvalue weighted by atomic mass is 9.96. The molecule has 0 aliphatic rings. The molecule has 0 aliphatic carbocycles. The lowest BCUT2D eigenvalue weighted by molar-refractivity contribution is -0.138. The zero-order chi connectivity index (χ0) is 27.8. The maximum atomic E-state index is 14.2. The van der Waals surface area contributed by atoms with E-state index in [2.05, 4.69) is 32.9 Å². The van der Waals surface area contributed by atoms with E-state index >= 15 is 0 Å². The minimum Gasteiger partial charge on any atom is -0.332 e. The Kier molecular flexibility index (Phi) is 9.69. The van der Waals surface area contributed by atoms with Gasteiger partial charge in [0.2, 0.25) is 5.91 Å². The lowest BCUT2D eigenvalue weighted by Crippen LogP contribution is -2.42. The molecule has 0 saturated heterocycles.